The number of nitrogens with one attached hydrogen (secondary N) is 1. The lowest BCUT2D eigenvalue weighted by atomic mass is 10.1. The Hall–Kier alpha value is -1.16. The van der Waals surface area contributed by atoms with Gasteiger partial charge in [-0.05, 0) is 31.4 Å². The number of aromatic nitrogens is 1. The van der Waals surface area contributed by atoms with Crippen LogP contribution in [0.25, 0.3) is 0 Å². The molecular weight excluding hydrogens is 218 g/mol. The molecule has 0 aromatic carbocycles. The summed E-state index contributed by atoms with van der Waals surface area (Å²) in [6, 6.07) is 4.11. The Morgan fingerprint density at radius 3 is 2.75 bits per heavy atom. The fourth-order valence-electron chi connectivity index (χ4n) is 1.68. The summed E-state index contributed by atoms with van der Waals surface area (Å²) in [4.78, 5) is 4.65. The van der Waals surface area contributed by atoms with Crippen molar-refractivity contribution in [2.75, 3.05) is 5.32 Å². The van der Waals surface area contributed by atoms with Gasteiger partial charge in [0.1, 0.15) is 10.8 Å². The molecule has 0 saturated heterocycles. The van der Waals surface area contributed by atoms with Gasteiger partial charge in [0.25, 0.3) is 0 Å². The quantitative estimate of drug-likeness (QED) is 0.773. The number of pyridine rings is 1. The first-order valence-electron chi connectivity index (χ1n) is 5.51. The Kier molecular flexibility index (Phi) is 4.68. The lowest BCUT2D eigenvalue weighted by Crippen LogP contribution is -2.19. The summed E-state index contributed by atoms with van der Waals surface area (Å²) in [7, 11) is 0. The van der Waals surface area contributed by atoms with Gasteiger partial charge in [-0.25, -0.2) is 4.98 Å². The lowest BCUT2D eigenvalue weighted by molar-refractivity contribution is 0.539. The van der Waals surface area contributed by atoms with Crippen LogP contribution in [0.2, 0.25) is 0 Å². The average Bonchev–Trinajstić information content (AvgIpc) is 2.16. The first kappa shape index (κ1) is 12.9. The number of rotatable bonds is 5. The molecule has 0 aliphatic rings. The van der Waals surface area contributed by atoms with Crippen LogP contribution in [0.1, 0.15) is 32.8 Å². The second-order valence-electron chi connectivity index (χ2n) is 4.47. The zero-order valence-corrected chi connectivity index (χ0v) is 10.8. The minimum absolute atomic E-state index is 0.397. The van der Waals surface area contributed by atoms with Gasteiger partial charge in [-0.2, -0.15) is 0 Å². The Labute approximate surface area is 102 Å². The molecule has 16 heavy (non-hydrogen) atoms. The van der Waals surface area contributed by atoms with E-state index in [1.807, 2.05) is 12.1 Å². The summed E-state index contributed by atoms with van der Waals surface area (Å²) in [5.74, 6) is 1.50. The van der Waals surface area contributed by atoms with E-state index in [0.717, 1.165) is 17.8 Å². The number of nitrogens with two attached hydrogens (primary N) is 1. The van der Waals surface area contributed by atoms with Crippen LogP contribution in [0, 0.1) is 5.92 Å². The van der Waals surface area contributed by atoms with E-state index in [1.165, 1.54) is 0 Å². The molecule has 4 heteroatoms. The van der Waals surface area contributed by atoms with Crippen molar-refractivity contribution in [3.8, 4) is 0 Å². The topological polar surface area (TPSA) is 50.9 Å². The maximum atomic E-state index is 5.57. The molecule has 0 amide bonds. The molecule has 1 heterocycles. The molecule has 1 aromatic rings. The fraction of sp³-hybridized carbons (Fsp3) is 0.500. The van der Waals surface area contributed by atoms with Crippen molar-refractivity contribution in [1.29, 1.82) is 0 Å². The molecular formula is C12H19N3S. The number of hydrogen-bond donors (Lipinski definition) is 2. The summed E-state index contributed by atoms with van der Waals surface area (Å²) in [6.07, 6.45) is 2.83. The number of thiocarbonyl (C=S) groups is 1. The Morgan fingerprint density at radius 1 is 1.50 bits per heavy atom. The standard InChI is InChI=1S/C12H19N3S/c1-8(2)6-9(3)15-11-7-10(12(13)16)4-5-14-11/h4-5,7-9H,6H2,1-3H3,(H2,13,16)(H,14,15). The summed E-state index contributed by atoms with van der Waals surface area (Å²) in [5.41, 5.74) is 6.42. The van der Waals surface area contributed by atoms with Gasteiger partial charge < -0.3 is 11.1 Å². The second-order valence-corrected chi connectivity index (χ2v) is 4.91. The summed E-state index contributed by atoms with van der Waals surface area (Å²) >= 11 is 4.93. The van der Waals surface area contributed by atoms with Gasteiger partial charge in [-0.3, -0.25) is 0 Å². The van der Waals surface area contributed by atoms with Crippen LogP contribution in [0.4, 0.5) is 5.82 Å². The van der Waals surface area contributed by atoms with E-state index in [9.17, 15) is 0 Å². The van der Waals surface area contributed by atoms with Gasteiger partial charge in [-0.1, -0.05) is 26.1 Å². The lowest BCUT2D eigenvalue weighted by Gasteiger charge is -2.16. The third kappa shape index (κ3) is 4.14. The SMILES string of the molecule is CC(C)CC(C)Nc1cc(C(N)=S)ccn1. The maximum absolute atomic E-state index is 5.57. The van der Waals surface area contributed by atoms with Crippen LogP contribution in [0.3, 0.4) is 0 Å². The minimum atomic E-state index is 0.397. The molecule has 0 aliphatic carbocycles. The zero-order chi connectivity index (χ0) is 12.1. The zero-order valence-electron chi connectivity index (χ0n) is 10.0. The Balaban J connectivity index is 2.66. The summed E-state index contributed by atoms with van der Waals surface area (Å²) in [5, 5.41) is 3.34. The normalized spacial score (nSPS) is 12.5. The van der Waals surface area contributed by atoms with E-state index in [1.54, 1.807) is 6.20 Å². The molecule has 3 nitrogen and oxygen atoms in total. The summed E-state index contributed by atoms with van der Waals surface area (Å²) in [6.45, 7) is 6.56. The molecule has 0 aliphatic heterocycles. The molecule has 0 radical (unpaired) electrons. The number of hydrogen-bond acceptors (Lipinski definition) is 3. The van der Waals surface area contributed by atoms with Crippen molar-refractivity contribution in [1.82, 2.24) is 4.98 Å². The van der Waals surface area contributed by atoms with Crippen molar-refractivity contribution in [2.45, 2.75) is 33.2 Å². The number of anilines is 1. The van der Waals surface area contributed by atoms with Crippen molar-refractivity contribution >= 4 is 23.0 Å². The van der Waals surface area contributed by atoms with Gasteiger partial charge in [0.15, 0.2) is 0 Å². The van der Waals surface area contributed by atoms with Crippen LogP contribution < -0.4 is 11.1 Å². The van der Waals surface area contributed by atoms with E-state index in [-0.39, 0.29) is 0 Å². The first-order valence-corrected chi connectivity index (χ1v) is 5.92. The van der Waals surface area contributed by atoms with Gasteiger partial charge >= 0.3 is 0 Å². The second kappa shape index (κ2) is 5.80. The summed E-state index contributed by atoms with van der Waals surface area (Å²) < 4.78 is 0. The van der Waals surface area contributed by atoms with E-state index >= 15 is 0 Å². The molecule has 0 saturated carbocycles. The largest absolute Gasteiger partial charge is 0.389 e. The molecule has 0 bridgehead atoms. The first-order chi connectivity index (χ1) is 7.49. The van der Waals surface area contributed by atoms with Crippen LogP contribution in [-0.2, 0) is 0 Å². The van der Waals surface area contributed by atoms with E-state index in [2.05, 4.69) is 31.1 Å². The molecule has 88 valence electrons. The van der Waals surface area contributed by atoms with E-state index < -0.39 is 0 Å². The third-order valence-corrected chi connectivity index (χ3v) is 2.50. The van der Waals surface area contributed by atoms with Gasteiger partial charge in [0.05, 0.1) is 0 Å². The van der Waals surface area contributed by atoms with Gasteiger partial charge in [-0.15, -0.1) is 0 Å². The van der Waals surface area contributed by atoms with E-state index in [4.69, 9.17) is 18.0 Å². The highest BCUT2D eigenvalue weighted by atomic mass is 32.1. The molecule has 1 aromatic heterocycles. The molecule has 1 unspecified atom stereocenters. The molecule has 3 N–H and O–H groups in total. The molecule has 0 spiro atoms. The van der Waals surface area contributed by atoms with Crippen LogP contribution >= 0.6 is 12.2 Å². The smallest absolute Gasteiger partial charge is 0.126 e. The Morgan fingerprint density at radius 2 is 2.19 bits per heavy atom. The highest BCUT2D eigenvalue weighted by Gasteiger charge is 2.06. The van der Waals surface area contributed by atoms with Crippen molar-refractivity contribution < 1.29 is 0 Å². The monoisotopic (exact) mass is 237 g/mol. The van der Waals surface area contributed by atoms with E-state index in [0.29, 0.717) is 16.9 Å². The minimum Gasteiger partial charge on any atom is -0.389 e. The highest BCUT2D eigenvalue weighted by Crippen LogP contribution is 2.12. The predicted molar refractivity (Wildman–Crippen MR) is 72.7 cm³/mol. The Bertz CT molecular complexity index is 363. The average molecular weight is 237 g/mol. The molecule has 0 fully saturated rings. The van der Waals surface area contributed by atoms with Crippen LogP contribution in [-0.4, -0.2) is 16.0 Å². The predicted octanol–water partition coefficient (Wildman–Crippen LogP) is 2.56. The molecule has 1 rings (SSSR count). The van der Waals surface area contributed by atoms with Gasteiger partial charge in [0, 0.05) is 17.8 Å². The fourth-order valence-corrected chi connectivity index (χ4v) is 1.81. The van der Waals surface area contributed by atoms with Crippen molar-refractivity contribution in [3.05, 3.63) is 23.9 Å². The maximum Gasteiger partial charge on any atom is 0.126 e. The van der Waals surface area contributed by atoms with Crippen LogP contribution in [0.15, 0.2) is 18.3 Å². The number of nitrogens with zero attached hydrogens (tertiary/aromatic N) is 1. The highest BCUT2D eigenvalue weighted by molar-refractivity contribution is 7.80. The van der Waals surface area contributed by atoms with Gasteiger partial charge in [0.2, 0.25) is 0 Å². The van der Waals surface area contributed by atoms with Crippen molar-refractivity contribution in [3.63, 3.8) is 0 Å². The van der Waals surface area contributed by atoms with Crippen molar-refractivity contribution in [2.24, 2.45) is 11.7 Å². The molecule has 1 atom stereocenters. The van der Waals surface area contributed by atoms with Crippen LogP contribution in [0.5, 0.6) is 0 Å². The third-order valence-electron chi connectivity index (χ3n) is 2.26.